The molecule has 2 aromatic heterocycles. The van der Waals surface area contributed by atoms with Crippen LogP contribution in [0.25, 0.3) is 35.1 Å². The van der Waals surface area contributed by atoms with E-state index < -0.39 is 0 Å². The fraction of sp³-hybridized carbons (Fsp3) is 0.471. The summed E-state index contributed by atoms with van der Waals surface area (Å²) in [6, 6.07) is 12.8. The molecular weight excluding hydrogens is 440 g/mol. The van der Waals surface area contributed by atoms with E-state index in [9.17, 15) is 0 Å². The molecule has 0 amide bonds. The van der Waals surface area contributed by atoms with Crippen molar-refractivity contribution in [3.63, 3.8) is 0 Å². The van der Waals surface area contributed by atoms with E-state index in [1.165, 1.54) is 77.0 Å². The highest BCUT2D eigenvalue weighted by molar-refractivity contribution is 5.80. The number of unbranched alkanes of at least 4 members (excludes halogenated alkanes) is 10. The average Bonchev–Trinajstić information content (AvgIpc) is 3.49. The molecule has 0 spiro atoms. The summed E-state index contributed by atoms with van der Waals surface area (Å²) in [6.07, 6.45) is 17.5. The van der Waals surface area contributed by atoms with E-state index in [1.807, 2.05) is 0 Å². The predicted octanol–water partition coefficient (Wildman–Crippen LogP) is 9.09. The third kappa shape index (κ3) is 6.33. The number of hydrogen-bond acceptors (Lipinski definition) is 2. The van der Waals surface area contributed by atoms with Crippen molar-refractivity contribution in [3.8, 4) is 0 Å². The van der Waals surface area contributed by atoms with Crippen LogP contribution in [-0.4, -0.2) is 0 Å². The molecule has 0 atom stereocenters. The molecule has 0 bridgehead atoms. The molecule has 0 saturated heterocycles. The fourth-order valence-corrected chi connectivity index (χ4v) is 5.35. The summed E-state index contributed by atoms with van der Waals surface area (Å²) in [4.78, 5) is 0. The van der Waals surface area contributed by atoms with Gasteiger partial charge in [0.15, 0.2) is 0 Å². The first-order chi connectivity index (χ1) is 17.6. The van der Waals surface area contributed by atoms with Crippen molar-refractivity contribution in [3.05, 3.63) is 68.8 Å². The maximum atomic E-state index is 6.17. The Labute approximate surface area is 216 Å². The van der Waals surface area contributed by atoms with Crippen LogP contribution in [0.1, 0.15) is 102 Å². The van der Waals surface area contributed by atoms with Gasteiger partial charge in [-0.1, -0.05) is 103 Å². The molecule has 192 valence electrons. The molecule has 0 N–H and O–H groups in total. The zero-order chi connectivity index (χ0) is 25.3. The van der Waals surface area contributed by atoms with E-state index in [0.29, 0.717) is 0 Å². The van der Waals surface area contributed by atoms with Gasteiger partial charge in [0.25, 0.3) is 0 Å². The number of fused-ring (bicyclic) bond motifs is 2. The monoisotopic (exact) mass is 484 g/mol. The van der Waals surface area contributed by atoms with E-state index in [0.717, 1.165) is 67.2 Å². The second-order valence-corrected chi connectivity index (χ2v) is 10.5. The minimum atomic E-state index is 0.931. The maximum Gasteiger partial charge on any atom is 0.134 e. The standard InChI is InChI=1S/C34H44O2/c1-5-7-9-11-13-15-17-27-23-31-25(3)29(19-21-33(31)35-27)30-20-22-34-32(26(30)4)24-28(36-34)18-16-14-12-10-8-6-2/h19-24H,3-18H2,1-2H3/b30-29-. The second-order valence-electron chi connectivity index (χ2n) is 10.5. The van der Waals surface area contributed by atoms with Crippen molar-refractivity contribution < 1.29 is 8.83 Å². The summed E-state index contributed by atoms with van der Waals surface area (Å²) >= 11 is 0. The molecule has 0 unspecified atom stereocenters. The highest BCUT2D eigenvalue weighted by Crippen LogP contribution is 2.21. The third-order valence-corrected chi connectivity index (χ3v) is 7.57. The minimum absolute atomic E-state index is 0.931. The van der Waals surface area contributed by atoms with Crippen LogP contribution in [0.5, 0.6) is 0 Å². The molecular formula is C34H44O2. The maximum absolute atomic E-state index is 6.17. The van der Waals surface area contributed by atoms with Gasteiger partial charge < -0.3 is 8.83 Å². The zero-order valence-electron chi connectivity index (χ0n) is 22.6. The molecule has 0 fully saturated rings. The van der Waals surface area contributed by atoms with E-state index in [4.69, 9.17) is 8.83 Å². The molecule has 0 saturated carbocycles. The van der Waals surface area contributed by atoms with Gasteiger partial charge in [-0.05, 0) is 58.0 Å². The number of furan rings is 2. The first kappa shape index (κ1) is 26.3. The summed E-state index contributed by atoms with van der Waals surface area (Å²) in [7, 11) is 0. The summed E-state index contributed by atoms with van der Waals surface area (Å²) in [5.41, 5.74) is 1.86. The Balaban J connectivity index is 1.55. The first-order valence-electron chi connectivity index (χ1n) is 14.4. The van der Waals surface area contributed by atoms with Crippen molar-refractivity contribution in [1.29, 1.82) is 0 Å². The van der Waals surface area contributed by atoms with Crippen molar-refractivity contribution in [2.75, 3.05) is 0 Å². The molecule has 0 radical (unpaired) electrons. The van der Waals surface area contributed by atoms with Crippen LogP contribution in [0.2, 0.25) is 0 Å². The summed E-state index contributed by atoms with van der Waals surface area (Å²) in [5, 5.41) is 6.52. The van der Waals surface area contributed by atoms with Gasteiger partial charge in [-0.3, -0.25) is 0 Å². The number of hydrogen-bond donors (Lipinski definition) is 0. The van der Waals surface area contributed by atoms with Crippen molar-refractivity contribution in [1.82, 2.24) is 0 Å². The van der Waals surface area contributed by atoms with Gasteiger partial charge in [-0.15, -0.1) is 0 Å². The van der Waals surface area contributed by atoms with Crippen LogP contribution in [0.4, 0.5) is 0 Å². The van der Waals surface area contributed by atoms with Crippen LogP contribution in [0.15, 0.2) is 45.2 Å². The van der Waals surface area contributed by atoms with E-state index in [2.05, 4.69) is 63.4 Å². The molecule has 2 aromatic carbocycles. The van der Waals surface area contributed by atoms with Gasteiger partial charge in [0.05, 0.1) is 0 Å². The van der Waals surface area contributed by atoms with E-state index >= 15 is 0 Å². The molecule has 0 aliphatic heterocycles. The number of rotatable bonds is 14. The predicted molar refractivity (Wildman–Crippen MR) is 155 cm³/mol. The first-order valence-corrected chi connectivity index (χ1v) is 14.4. The molecule has 36 heavy (non-hydrogen) atoms. The smallest absolute Gasteiger partial charge is 0.134 e. The Morgan fingerprint density at radius 1 is 0.528 bits per heavy atom. The topological polar surface area (TPSA) is 26.3 Å². The van der Waals surface area contributed by atoms with Gasteiger partial charge in [0.2, 0.25) is 0 Å². The Morgan fingerprint density at radius 2 is 0.917 bits per heavy atom. The number of benzene rings is 2. The molecule has 0 aliphatic rings. The second kappa shape index (κ2) is 13.0. The Morgan fingerprint density at radius 3 is 1.33 bits per heavy atom. The van der Waals surface area contributed by atoms with E-state index in [-0.39, 0.29) is 0 Å². The summed E-state index contributed by atoms with van der Waals surface area (Å²) in [5.74, 6) is 2.14. The van der Waals surface area contributed by atoms with Crippen LogP contribution in [0.3, 0.4) is 0 Å². The Bertz CT molecular complexity index is 1340. The Hall–Kier alpha value is -2.74. The largest absolute Gasteiger partial charge is 0.461 e. The van der Waals surface area contributed by atoms with Gasteiger partial charge in [0.1, 0.15) is 22.7 Å². The molecule has 4 aromatic rings. The minimum Gasteiger partial charge on any atom is -0.461 e. The van der Waals surface area contributed by atoms with Crippen molar-refractivity contribution >= 4 is 35.1 Å². The van der Waals surface area contributed by atoms with Crippen LogP contribution < -0.4 is 10.4 Å². The van der Waals surface area contributed by atoms with Gasteiger partial charge >= 0.3 is 0 Å². The highest BCUT2D eigenvalue weighted by atomic mass is 16.3. The van der Waals surface area contributed by atoms with Crippen molar-refractivity contribution in [2.24, 2.45) is 0 Å². The molecule has 2 nitrogen and oxygen atoms in total. The van der Waals surface area contributed by atoms with Crippen LogP contribution >= 0.6 is 0 Å². The lowest BCUT2D eigenvalue weighted by atomic mass is 10.1. The Kier molecular flexibility index (Phi) is 9.50. The molecule has 2 heterocycles. The summed E-state index contributed by atoms with van der Waals surface area (Å²) in [6.45, 7) is 13.4. The van der Waals surface area contributed by atoms with Crippen LogP contribution in [-0.2, 0) is 12.8 Å². The lowest BCUT2D eigenvalue weighted by Gasteiger charge is -1.98. The highest BCUT2D eigenvalue weighted by Gasteiger charge is 2.08. The SMILES string of the molecule is C=c1/c(=c2/ccc3oc(CCCCCCCC)cc3c2=C)ccc2oc(CCCCCCCC)cc12. The molecule has 0 aliphatic carbocycles. The molecule has 4 rings (SSSR count). The van der Waals surface area contributed by atoms with Crippen LogP contribution in [0, 0.1) is 10.4 Å². The van der Waals surface area contributed by atoms with Gasteiger partial charge in [-0.2, -0.15) is 0 Å². The quantitative estimate of drug-likeness (QED) is 0.167. The van der Waals surface area contributed by atoms with Gasteiger partial charge in [-0.25, -0.2) is 0 Å². The molecule has 2 heteroatoms. The third-order valence-electron chi connectivity index (χ3n) is 7.57. The lowest BCUT2D eigenvalue weighted by molar-refractivity contribution is 0.521. The van der Waals surface area contributed by atoms with Crippen molar-refractivity contribution in [2.45, 2.75) is 104 Å². The number of aryl methyl sites for hydroxylation is 2. The zero-order valence-corrected chi connectivity index (χ0v) is 22.6. The normalized spacial score (nSPS) is 12.7. The van der Waals surface area contributed by atoms with Gasteiger partial charge in [0, 0.05) is 23.6 Å². The fourth-order valence-electron chi connectivity index (χ4n) is 5.35. The lowest BCUT2D eigenvalue weighted by Crippen LogP contribution is -2.08. The average molecular weight is 485 g/mol. The summed E-state index contributed by atoms with van der Waals surface area (Å²) < 4.78 is 12.3. The van der Waals surface area contributed by atoms with E-state index in [1.54, 1.807) is 0 Å².